The van der Waals surface area contributed by atoms with Crippen LogP contribution in [0.1, 0.15) is 44.7 Å². The number of amides is 2. The van der Waals surface area contributed by atoms with Gasteiger partial charge in [-0.25, -0.2) is 0 Å². The fourth-order valence-corrected chi connectivity index (χ4v) is 3.72. The van der Waals surface area contributed by atoms with Gasteiger partial charge in [0.1, 0.15) is 5.75 Å². The maximum absolute atomic E-state index is 12.8. The van der Waals surface area contributed by atoms with Crippen LogP contribution in [-0.4, -0.2) is 60.2 Å². The number of halogens is 2. The molecule has 0 aliphatic carbocycles. The van der Waals surface area contributed by atoms with E-state index >= 15 is 0 Å². The van der Waals surface area contributed by atoms with Gasteiger partial charge in [0.15, 0.2) is 5.78 Å². The van der Waals surface area contributed by atoms with E-state index in [-0.39, 0.29) is 48.9 Å². The first-order valence-corrected chi connectivity index (χ1v) is 10.5. The van der Waals surface area contributed by atoms with Gasteiger partial charge < -0.3 is 14.5 Å². The standard InChI is InChI=1S/C24H26F2N2O4/c1-16-7-8-17(2)19(15-16)20(29)9-10-22(30)27-11-13-28(14-12-27)23(31)18-5-3-4-6-21(18)32-24(25)26/h3-8,15,24H,9-14H2,1-2H3. The van der Waals surface area contributed by atoms with Gasteiger partial charge >= 0.3 is 6.61 Å². The summed E-state index contributed by atoms with van der Waals surface area (Å²) < 4.78 is 29.7. The van der Waals surface area contributed by atoms with Crippen molar-refractivity contribution >= 4 is 17.6 Å². The Morgan fingerprint density at radius 2 is 1.56 bits per heavy atom. The van der Waals surface area contributed by atoms with Gasteiger partial charge in [-0.2, -0.15) is 8.78 Å². The lowest BCUT2D eigenvalue weighted by atomic mass is 9.99. The second kappa shape index (κ2) is 10.3. The molecule has 6 nitrogen and oxygen atoms in total. The molecule has 2 aromatic carbocycles. The zero-order valence-corrected chi connectivity index (χ0v) is 18.1. The largest absolute Gasteiger partial charge is 0.434 e. The molecule has 2 amide bonds. The third-order valence-electron chi connectivity index (χ3n) is 5.51. The lowest BCUT2D eigenvalue weighted by Crippen LogP contribution is -2.50. The van der Waals surface area contributed by atoms with Crippen LogP contribution in [0.25, 0.3) is 0 Å². The Morgan fingerprint density at radius 1 is 0.906 bits per heavy atom. The van der Waals surface area contributed by atoms with Crippen molar-refractivity contribution in [1.82, 2.24) is 9.80 Å². The van der Waals surface area contributed by atoms with Gasteiger partial charge in [-0.1, -0.05) is 29.8 Å². The van der Waals surface area contributed by atoms with Crippen molar-refractivity contribution in [1.29, 1.82) is 0 Å². The average Bonchev–Trinajstić information content (AvgIpc) is 2.78. The highest BCUT2D eigenvalue weighted by atomic mass is 19.3. The number of carbonyl (C=O) groups excluding carboxylic acids is 3. The van der Waals surface area contributed by atoms with Gasteiger partial charge in [-0.3, -0.25) is 14.4 Å². The third-order valence-corrected chi connectivity index (χ3v) is 5.51. The van der Waals surface area contributed by atoms with Crippen LogP contribution in [-0.2, 0) is 4.79 Å². The Hall–Kier alpha value is -3.29. The van der Waals surface area contributed by atoms with Crippen LogP contribution in [0.3, 0.4) is 0 Å². The summed E-state index contributed by atoms with van der Waals surface area (Å²) >= 11 is 0. The highest BCUT2D eigenvalue weighted by molar-refractivity contribution is 5.99. The third kappa shape index (κ3) is 5.69. The molecular formula is C24H26F2N2O4. The van der Waals surface area contributed by atoms with Gasteiger partial charge in [0.25, 0.3) is 5.91 Å². The van der Waals surface area contributed by atoms with Crippen molar-refractivity contribution in [2.45, 2.75) is 33.3 Å². The minimum absolute atomic E-state index is 0.0618. The summed E-state index contributed by atoms with van der Waals surface area (Å²) in [6.07, 6.45) is 0.228. The van der Waals surface area contributed by atoms with Crippen LogP contribution in [0.2, 0.25) is 0 Å². The fourth-order valence-electron chi connectivity index (χ4n) is 3.72. The summed E-state index contributed by atoms with van der Waals surface area (Å²) in [5.74, 6) is -0.796. The van der Waals surface area contributed by atoms with Gasteiger partial charge in [0.05, 0.1) is 5.56 Å². The topological polar surface area (TPSA) is 66.9 Å². The molecule has 1 fully saturated rings. The molecule has 1 saturated heterocycles. The van der Waals surface area contributed by atoms with Crippen LogP contribution >= 0.6 is 0 Å². The molecule has 0 aromatic heterocycles. The lowest BCUT2D eigenvalue weighted by Gasteiger charge is -2.35. The Balaban J connectivity index is 1.53. The summed E-state index contributed by atoms with van der Waals surface area (Å²) in [4.78, 5) is 41.0. The Morgan fingerprint density at radius 3 is 2.25 bits per heavy atom. The Bertz CT molecular complexity index is 1000. The summed E-state index contributed by atoms with van der Waals surface area (Å²) in [5.41, 5.74) is 2.58. The number of benzene rings is 2. The van der Waals surface area contributed by atoms with Crippen LogP contribution in [0.15, 0.2) is 42.5 Å². The van der Waals surface area contributed by atoms with Crippen molar-refractivity contribution < 1.29 is 27.9 Å². The quantitative estimate of drug-likeness (QED) is 0.609. The predicted octanol–water partition coefficient (Wildman–Crippen LogP) is 3.85. The molecule has 2 aromatic rings. The number of nitrogens with zero attached hydrogens (tertiary/aromatic N) is 2. The number of hydrogen-bond acceptors (Lipinski definition) is 4. The monoisotopic (exact) mass is 444 g/mol. The molecule has 1 aliphatic heterocycles. The van der Waals surface area contributed by atoms with Crippen molar-refractivity contribution in [3.8, 4) is 5.75 Å². The number of alkyl halides is 2. The number of para-hydroxylation sites is 1. The molecule has 0 N–H and O–H groups in total. The van der Waals surface area contributed by atoms with Gasteiger partial charge in [-0.15, -0.1) is 0 Å². The van der Waals surface area contributed by atoms with E-state index < -0.39 is 12.5 Å². The van der Waals surface area contributed by atoms with E-state index in [1.54, 1.807) is 11.0 Å². The van der Waals surface area contributed by atoms with Crippen LogP contribution in [0.5, 0.6) is 5.75 Å². The van der Waals surface area contributed by atoms with Crippen molar-refractivity contribution in [3.63, 3.8) is 0 Å². The smallest absolute Gasteiger partial charge is 0.387 e. The number of piperazine rings is 1. The van der Waals surface area contributed by atoms with E-state index in [9.17, 15) is 23.2 Å². The second-order valence-corrected chi connectivity index (χ2v) is 7.79. The molecule has 0 bridgehead atoms. The van der Waals surface area contributed by atoms with E-state index in [4.69, 9.17) is 0 Å². The Labute approximate surface area is 185 Å². The molecule has 0 atom stereocenters. The van der Waals surface area contributed by atoms with Crippen molar-refractivity contribution in [2.75, 3.05) is 26.2 Å². The first-order valence-electron chi connectivity index (χ1n) is 10.5. The van der Waals surface area contributed by atoms with Crippen LogP contribution < -0.4 is 4.74 Å². The molecule has 1 aliphatic rings. The zero-order chi connectivity index (χ0) is 23.3. The summed E-state index contributed by atoms with van der Waals surface area (Å²) in [7, 11) is 0. The van der Waals surface area contributed by atoms with Crippen LogP contribution in [0.4, 0.5) is 8.78 Å². The number of rotatable bonds is 7. The number of carbonyl (C=O) groups is 3. The van der Waals surface area contributed by atoms with Gasteiger partial charge in [-0.05, 0) is 37.6 Å². The van der Waals surface area contributed by atoms with E-state index in [2.05, 4.69) is 4.74 Å². The van der Waals surface area contributed by atoms with E-state index in [0.717, 1.165) is 11.1 Å². The fraction of sp³-hybridized carbons (Fsp3) is 0.375. The SMILES string of the molecule is Cc1ccc(C)c(C(=O)CCC(=O)N2CCN(C(=O)c3ccccc3OC(F)F)CC2)c1. The highest BCUT2D eigenvalue weighted by Gasteiger charge is 2.27. The summed E-state index contributed by atoms with van der Waals surface area (Å²) in [5, 5.41) is 0. The maximum atomic E-state index is 12.8. The first kappa shape index (κ1) is 23.4. The highest BCUT2D eigenvalue weighted by Crippen LogP contribution is 2.23. The zero-order valence-electron chi connectivity index (χ0n) is 18.1. The molecule has 32 heavy (non-hydrogen) atoms. The average molecular weight is 444 g/mol. The molecular weight excluding hydrogens is 418 g/mol. The summed E-state index contributed by atoms with van der Waals surface area (Å²) in [6, 6.07) is 11.5. The lowest BCUT2D eigenvalue weighted by molar-refractivity contribution is -0.132. The maximum Gasteiger partial charge on any atom is 0.387 e. The number of ether oxygens (including phenoxy) is 1. The molecule has 170 valence electrons. The van der Waals surface area contributed by atoms with E-state index in [1.165, 1.54) is 23.1 Å². The predicted molar refractivity (Wildman–Crippen MR) is 115 cm³/mol. The van der Waals surface area contributed by atoms with Gasteiger partial charge in [0, 0.05) is 44.6 Å². The van der Waals surface area contributed by atoms with Gasteiger partial charge in [0.2, 0.25) is 5.91 Å². The van der Waals surface area contributed by atoms with E-state index in [0.29, 0.717) is 18.7 Å². The second-order valence-electron chi connectivity index (χ2n) is 7.79. The molecule has 8 heteroatoms. The van der Waals surface area contributed by atoms with E-state index in [1.807, 2.05) is 32.0 Å². The molecule has 0 unspecified atom stereocenters. The number of hydrogen-bond donors (Lipinski definition) is 0. The molecule has 0 radical (unpaired) electrons. The Kier molecular flexibility index (Phi) is 7.56. The van der Waals surface area contributed by atoms with Crippen LogP contribution in [0, 0.1) is 13.8 Å². The number of aryl methyl sites for hydroxylation is 2. The van der Waals surface area contributed by atoms with Crippen molar-refractivity contribution in [2.24, 2.45) is 0 Å². The number of ketones is 1. The molecule has 1 heterocycles. The number of Topliss-reactive ketones (excluding diaryl/α,β-unsaturated/α-hetero) is 1. The molecule has 0 saturated carbocycles. The molecule has 3 rings (SSSR count). The first-order chi connectivity index (χ1) is 15.3. The summed E-state index contributed by atoms with van der Waals surface area (Å²) in [6.45, 7) is 1.96. The van der Waals surface area contributed by atoms with Crippen molar-refractivity contribution in [3.05, 3.63) is 64.7 Å². The molecule has 0 spiro atoms. The minimum atomic E-state index is -3.02. The normalized spacial score (nSPS) is 13.9. The minimum Gasteiger partial charge on any atom is -0.434 e.